The highest BCUT2D eigenvalue weighted by Gasteiger charge is 2.72. The molecule has 1 spiro atoms. The normalized spacial score (nSPS) is 41.4. The maximum Gasteiger partial charge on any atom is 0.174 e. The van der Waals surface area contributed by atoms with Crippen LogP contribution in [0.3, 0.4) is 0 Å². The maximum atomic E-state index is 12.8. The van der Waals surface area contributed by atoms with Crippen LogP contribution in [-0.2, 0) is 16.6 Å². The molecule has 0 aromatic heterocycles. The number of piperidine rings is 1. The summed E-state index contributed by atoms with van der Waals surface area (Å²) in [5.74, 6) is 1.89. The maximum absolute atomic E-state index is 12.8. The number of carbonyl (C=O) groups is 1. The van der Waals surface area contributed by atoms with Crippen molar-refractivity contribution in [2.75, 3.05) is 13.1 Å². The van der Waals surface area contributed by atoms with Gasteiger partial charge in [-0.15, -0.1) is 0 Å². The van der Waals surface area contributed by atoms with Gasteiger partial charge in [0.25, 0.3) is 0 Å². The summed E-state index contributed by atoms with van der Waals surface area (Å²) >= 11 is 0. The number of likely N-dealkylation sites (tertiary alicyclic amines) is 1. The highest BCUT2D eigenvalue weighted by atomic mass is 16.5. The molecule has 4 heteroatoms. The molecule has 1 saturated heterocycles. The van der Waals surface area contributed by atoms with Crippen LogP contribution in [0.4, 0.5) is 0 Å². The third kappa shape index (κ3) is 1.59. The number of carbonyl (C=O) groups excluding carboxylic acids is 1. The largest absolute Gasteiger partial charge is 0.481 e. The number of ketones is 1. The lowest BCUT2D eigenvalue weighted by molar-refractivity contribution is -0.188. The molecule has 6 rings (SSSR count). The Morgan fingerprint density at radius 1 is 1.32 bits per heavy atom. The zero-order valence-corrected chi connectivity index (χ0v) is 14.8. The third-order valence-electron chi connectivity index (χ3n) is 7.78. The van der Waals surface area contributed by atoms with Gasteiger partial charge < -0.3 is 9.84 Å². The van der Waals surface area contributed by atoms with Crippen LogP contribution in [0.15, 0.2) is 12.1 Å². The minimum Gasteiger partial charge on any atom is -0.481 e. The van der Waals surface area contributed by atoms with Crippen LogP contribution in [0.1, 0.15) is 48.8 Å². The summed E-state index contributed by atoms with van der Waals surface area (Å²) in [6.07, 6.45) is 4.94. The molecule has 0 unspecified atom stereocenters. The van der Waals surface area contributed by atoms with Crippen LogP contribution in [-0.4, -0.2) is 46.6 Å². The Morgan fingerprint density at radius 3 is 2.96 bits per heavy atom. The lowest BCUT2D eigenvalue weighted by Crippen LogP contribution is -2.76. The molecule has 132 valence electrons. The van der Waals surface area contributed by atoms with E-state index in [9.17, 15) is 9.90 Å². The Labute approximate surface area is 148 Å². The molecule has 2 aliphatic heterocycles. The summed E-state index contributed by atoms with van der Waals surface area (Å²) in [7, 11) is 0. The summed E-state index contributed by atoms with van der Waals surface area (Å²) in [5, 5.41) is 12.1. The summed E-state index contributed by atoms with van der Waals surface area (Å²) in [5.41, 5.74) is 2.23. The molecule has 4 nitrogen and oxygen atoms in total. The number of hydrogen-bond acceptors (Lipinski definition) is 4. The van der Waals surface area contributed by atoms with Gasteiger partial charge in [-0.2, -0.15) is 0 Å². The van der Waals surface area contributed by atoms with E-state index >= 15 is 0 Å². The van der Waals surface area contributed by atoms with Crippen LogP contribution in [0.2, 0.25) is 0 Å². The van der Waals surface area contributed by atoms with Crippen molar-refractivity contribution in [1.29, 1.82) is 0 Å². The monoisotopic (exact) mass is 339 g/mol. The van der Waals surface area contributed by atoms with Gasteiger partial charge in [0.15, 0.2) is 11.9 Å². The van der Waals surface area contributed by atoms with Crippen LogP contribution >= 0.6 is 0 Å². The Hall–Kier alpha value is -1.39. The van der Waals surface area contributed by atoms with Crippen LogP contribution < -0.4 is 4.74 Å². The Bertz CT molecular complexity index is 801. The first kappa shape index (κ1) is 14.7. The summed E-state index contributed by atoms with van der Waals surface area (Å²) < 4.78 is 6.29. The second kappa shape index (κ2) is 4.47. The molecule has 1 N–H and O–H groups in total. The molecule has 25 heavy (non-hydrogen) atoms. The lowest BCUT2D eigenvalue weighted by atomic mass is 9.49. The van der Waals surface area contributed by atoms with E-state index in [0.29, 0.717) is 12.8 Å². The minimum atomic E-state index is -0.829. The molecule has 1 aromatic carbocycles. The standard InChI is InChI=1S/C21H25NO3/c1-12-2-5-14-10-16-21(24)7-6-15(23)19-20(21,17(14)18(12)25-19)8-9-22(16)11-13-3-4-13/h2,5,13,16,19,24H,3-4,6-11H2,1H3/t16-,19+,20+,21-/m0/s1. The minimum absolute atomic E-state index is 0.127. The second-order valence-electron chi connectivity index (χ2n) is 9.01. The van der Waals surface area contributed by atoms with E-state index in [-0.39, 0.29) is 11.8 Å². The van der Waals surface area contributed by atoms with Crippen molar-refractivity contribution in [2.24, 2.45) is 5.92 Å². The molecule has 2 saturated carbocycles. The lowest BCUT2D eigenvalue weighted by Gasteiger charge is -2.62. The number of hydrogen-bond donors (Lipinski definition) is 1. The molecule has 2 heterocycles. The molecule has 1 aromatic rings. The number of nitrogens with zero attached hydrogens (tertiary/aromatic N) is 1. The zero-order valence-electron chi connectivity index (χ0n) is 14.8. The van der Waals surface area contributed by atoms with Crippen LogP contribution in [0.5, 0.6) is 5.75 Å². The molecule has 0 radical (unpaired) electrons. The number of benzene rings is 1. The summed E-state index contributed by atoms with van der Waals surface area (Å²) in [6.45, 7) is 4.14. The van der Waals surface area contributed by atoms with Gasteiger partial charge in [-0.05, 0) is 62.6 Å². The molecule has 3 aliphatic carbocycles. The van der Waals surface area contributed by atoms with Gasteiger partial charge in [0.2, 0.25) is 0 Å². The quantitative estimate of drug-likeness (QED) is 0.897. The predicted octanol–water partition coefficient (Wildman–Crippen LogP) is 2.13. The summed E-state index contributed by atoms with van der Waals surface area (Å²) in [4.78, 5) is 15.3. The van der Waals surface area contributed by atoms with Crippen molar-refractivity contribution in [3.63, 3.8) is 0 Å². The number of aliphatic hydroxyl groups is 1. The van der Waals surface area contributed by atoms with Gasteiger partial charge in [0.1, 0.15) is 5.75 Å². The Kier molecular flexibility index (Phi) is 2.64. The first-order chi connectivity index (χ1) is 12.0. The van der Waals surface area contributed by atoms with E-state index in [2.05, 4.69) is 24.0 Å². The Morgan fingerprint density at radius 2 is 2.16 bits per heavy atom. The topological polar surface area (TPSA) is 49.8 Å². The van der Waals surface area contributed by atoms with Crippen molar-refractivity contribution in [1.82, 2.24) is 4.90 Å². The van der Waals surface area contributed by atoms with Crippen molar-refractivity contribution < 1.29 is 14.6 Å². The van der Waals surface area contributed by atoms with E-state index < -0.39 is 17.1 Å². The molecule has 4 atom stereocenters. The van der Waals surface area contributed by atoms with Crippen LogP contribution in [0, 0.1) is 12.8 Å². The smallest absolute Gasteiger partial charge is 0.174 e. The second-order valence-corrected chi connectivity index (χ2v) is 9.01. The zero-order chi connectivity index (χ0) is 17.0. The average Bonchev–Trinajstić information content (AvgIpc) is 3.32. The SMILES string of the molecule is Cc1ccc2c3c1O[C@@H]1C(=O)CC[C@]4(O)[C@H](C2)N(CC2CC2)CC[C@@]314. The van der Waals surface area contributed by atoms with Crippen molar-refractivity contribution in [3.05, 3.63) is 28.8 Å². The van der Waals surface area contributed by atoms with Crippen molar-refractivity contribution in [2.45, 2.75) is 68.6 Å². The fourth-order valence-electron chi connectivity index (χ4n) is 6.41. The van der Waals surface area contributed by atoms with Gasteiger partial charge >= 0.3 is 0 Å². The first-order valence-corrected chi connectivity index (χ1v) is 9.83. The highest BCUT2D eigenvalue weighted by Crippen LogP contribution is 2.64. The summed E-state index contributed by atoms with van der Waals surface area (Å²) in [6, 6.07) is 4.47. The number of aryl methyl sites for hydroxylation is 1. The average molecular weight is 339 g/mol. The number of rotatable bonds is 2. The van der Waals surface area contributed by atoms with Crippen molar-refractivity contribution >= 4 is 5.78 Å². The predicted molar refractivity (Wildman–Crippen MR) is 92.9 cm³/mol. The van der Waals surface area contributed by atoms with E-state index in [0.717, 1.165) is 43.2 Å². The number of ether oxygens (including phenoxy) is 1. The molecule has 0 amide bonds. The van der Waals surface area contributed by atoms with E-state index in [1.54, 1.807) is 0 Å². The van der Waals surface area contributed by atoms with Gasteiger partial charge in [0.05, 0.1) is 11.0 Å². The molecule has 2 bridgehead atoms. The number of Topliss-reactive ketones (excluding diaryl/α,β-unsaturated/α-hetero) is 1. The van der Waals surface area contributed by atoms with Gasteiger partial charge in [-0.25, -0.2) is 0 Å². The third-order valence-corrected chi connectivity index (χ3v) is 7.78. The highest BCUT2D eigenvalue weighted by molar-refractivity contribution is 5.89. The molecule has 5 aliphatic rings. The fraction of sp³-hybridized carbons (Fsp3) is 0.667. The van der Waals surface area contributed by atoms with Gasteiger partial charge in [-0.3, -0.25) is 9.69 Å². The van der Waals surface area contributed by atoms with E-state index in [1.807, 2.05) is 0 Å². The molecular weight excluding hydrogens is 314 g/mol. The van der Waals surface area contributed by atoms with Crippen molar-refractivity contribution in [3.8, 4) is 5.75 Å². The van der Waals surface area contributed by atoms with Crippen LogP contribution in [0.25, 0.3) is 0 Å². The fourth-order valence-corrected chi connectivity index (χ4v) is 6.41. The van der Waals surface area contributed by atoms with E-state index in [4.69, 9.17) is 4.74 Å². The Balaban J connectivity index is 1.58. The first-order valence-electron chi connectivity index (χ1n) is 9.83. The molecular formula is C21H25NO3. The molecule has 3 fully saturated rings. The van der Waals surface area contributed by atoms with Gasteiger partial charge in [0, 0.05) is 24.6 Å². The van der Waals surface area contributed by atoms with E-state index in [1.165, 1.54) is 24.0 Å². The van der Waals surface area contributed by atoms with Gasteiger partial charge in [-0.1, -0.05) is 12.1 Å².